The number of anilines is 2. The van der Waals surface area contributed by atoms with Gasteiger partial charge in [-0.2, -0.15) is 4.98 Å². The predicted octanol–water partition coefficient (Wildman–Crippen LogP) is 1.81. The molecule has 1 aromatic heterocycles. The summed E-state index contributed by atoms with van der Waals surface area (Å²) in [7, 11) is 0. The fraction of sp³-hybridized carbons (Fsp3) is 0.667. The summed E-state index contributed by atoms with van der Waals surface area (Å²) in [5.41, 5.74) is 5.40. The minimum absolute atomic E-state index is 0.0534. The lowest BCUT2D eigenvalue weighted by molar-refractivity contribution is -0.0977. The molecule has 1 saturated carbocycles. The minimum Gasteiger partial charge on any atom is -0.378 e. The Labute approximate surface area is 106 Å². The number of ether oxygens (including phenoxy) is 1. The summed E-state index contributed by atoms with van der Waals surface area (Å²) in [6.07, 6.45) is 2.11. The van der Waals surface area contributed by atoms with E-state index in [1.807, 2.05) is 6.92 Å². The van der Waals surface area contributed by atoms with E-state index in [-0.39, 0.29) is 29.3 Å². The number of halogens is 1. The molecule has 0 aliphatic heterocycles. The van der Waals surface area contributed by atoms with Gasteiger partial charge in [0.2, 0.25) is 5.95 Å². The van der Waals surface area contributed by atoms with Gasteiger partial charge in [0.25, 0.3) is 0 Å². The van der Waals surface area contributed by atoms with Crippen LogP contribution >= 0.6 is 0 Å². The molecule has 0 spiro atoms. The van der Waals surface area contributed by atoms with E-state index in [1.165, 1.54) is 0 Å². The number of aromatic nitrogens is 2. The van der Waals surface area contributed by atoms with E-state index in [9.17, 15) is 4.39 Å². The monoisotopic (exact) mass is 254 g/mol. The number of hydrogen-bond acceptors (Lipinski definition) is 5. The number of nitrogens with two attached hydrogens (primary N) is 1. The van der Waals surface area contributed by atoms with Crippen LogP contribution in [0.2, 0.25) is 0 Å². The van der Waals surface area contributed by atoms with Crippen LogP contribution < -0.4 is 11.1 Å². The fourth-order valence-electron chi connectivity index (χ4n) is 2.26. The van der Waals surface area contributed by atoms with Crippen molar-refractivity contribution in [3.63, 3.8) is 0 Å². The molecule has 1 aliphatic carbocycles. The molecule has 0 saturated heterocycles. The van der Waals surface area contributed by atoms with Crippen LogP contribution in [0.4, 0.5) is 16.2 Å². The van der Waals surface area contributed by atoms with E-state index in [0.29, 0.717) is 6.61 Å². The average molecular weight is 254 g/mol. The lowest BCUT2D eigenvalue weighted by atomic mass is 9.64. The van der Waals surface area contributed by atoms with Crippen molar-refractivity contribution in [3.8, 4) is 0 Å². The van der Waals surface area contributed by atoms with Gasteiger partial charge < -0.3 is 15.8 Å². The zero-order chi connectivity index (χ0) is 13.3. The molecule has 1 heterocycles. The molecule has 2 unspecified atom stereocenters. The number of nitrogen functional groups attached to an aromatic ring is 1. The molecular weight excluding hydrogens is 235 g/mol. The van der Waals surface area contributed by atoms with E-state index in [2.05, 4.69) is 29.1 Å². The van der Waals surface area contributed by atoms with Crippen LogP contribution in [0.1, 0.15) is 27.2 Å². The van der Waals surface area contributed by atoms with Gasteiger partial charge in [-0.25, -0.2) is 9.37 Å². The van der Waals surface area contributed by atoms with Crippen molar-refractivity contribution in [1.82, 2.24) is 9.97 Å². The maximum absolute atomic E-state index is 13.5. The van der Waals surface area contributed by atoms with Gasteiger partial charge in [-0.1, -0.05) is 13.8 Å². The number of nitrogens with one attached hydrogen (secondary N) is 1. The molecule has 1 fully saturated rings. The first kappa shape index (κ1) is 13.0. The van der Waals surface area contributed by atoms with E-state index in [4.69, 9.17) is 10.5 Å². The van der Waals surface area contributed by atoms with Crippen molar-refractivity contribution in [1.29, 1.82) is 0 Å². The zero-order valence-corrected chi connectivity index (χ0v) is 10.9. The third kappa shape index (κ3) is 2.25. The molecule has 18 heavy (non-hydrogen) atoms. The van der Waals surface area contributed by atoms with Crippen molar-refractivity contribution in [2.75, 3.05) is 17.7 Å². The van der Waals surface area contributed by atoms with Crippen LogP contribution in [0.15, 0.2) is 6.20 Å². The molecule has 100 valence electrons. The molecule has 0 amide bonds. The molecule has 2 rings (SSSR count). The first-order chi connectivity index (χ1) is 8.45. The number of nitrogens with zero attached hydrogens (tertiary/aromatic N) is 2. The van der Waals surface area contributed by atoms with Crippen molar-refractivity contribution in [2.24, 2.45) is 5.41 Å². The first-order valence-electron chi connectivity index (χ1n) is 6.11. The third-order valence-electron chi connectivity index (χ3n) is 3.62. The molecule has 1 aromatic rings. The molecule has 1 aliphatic rings. The second kappa shape index (κ2) is 4.68. The van der Waals surface area contributed by atoms with Gasteiger partial charge >= 0.3 is 0 Å². The summed E-state index contributed by atoms with van der Waals surface area (Å²) in [6, 6.07) is 0.123. The Morgan fingerprint density at radius 1 is 1.61 bits per heavy atom. The van der Waals surface area contributed by atoms with Gasteiger partial charge in [-0.3, -0.25) is 0 Å². The van der Waals surface area contributed by atoms with Crippen LogP contribution in [0, 0.1) is 11.2 Å². The topological polar surface area (TPSA) is 73.1 Å². The summed E-state index contributed by atoms with van der Waals surface area (Å²) < 4.78 is 19.1. The predicted molar refractivity (Wildman–Crippen MR) is 67.6 cm³/mol. The quantitative estimate of drug-likeness (QED) is 0.857. The highest BCUT2D eigenvalue weighted by atomic mass is 19.1. The second-order valence-electron chi connectivity index (χ2n) is 5.12. The lowest BCUT2D eigenvalue weighted by Gasteiger charge is -2.51. The molecule has 3 N–H and O–H groups in total. The van der Waals surface area contributed by atoms with Gasteiger partial charge in [-0.05, 0) is 13.3 Å². The largest absolute Gasteiger partial charge is 0.378 e. The van der Waals surface area contributed by atoms with Crippen LogP contribution in [0.3, 0.4) is 0 Å². The normalized spacial score (nSPS) is 25.6. The van der Waals surface area contributed by atoms with E-state index in [1.54, 1.807) is 0 Å². The molecule has 6 heteroatoms. The Morgan fingerprint density at radius 2 is 2.33 bits per heavy atom. The van der Waals surface area contributed by atoms with Crippen LogP contribution in [0.5, 0.6) is 0 Å². The van der Waals surface area contributed by atoms with Gasteiger partial charge in [0.05, 0.1) is 12.3 Å². The van der Waals surface area contributed by atoms with Crippen LogP contribution in [-0.4, -0.2) is 28.7 Å². The zero-order valence-electron chi connectivity index (χ0n) is 10.9. The summed E-state index contributed by atoms with van der Waals surface area (Å²) in [6.45, 7) is 6.85. The molecule has 0 radical (unpaired) electrons. The summed E-state index contributed by atoms with van der Waals surface area (Å²) >= 11 is 0. The van der Waals surface area contributed by atoms with Crippen LogP contribution in [-0.2, 0) is 4.74 Å². The maximum atomic E-state index is 13.5. The van der Waals surface area contributed by atoms with E-state index >= 15 is 0 Å². The van der Waals surface area contributed by atoms with E-state index < -0.39 is 5.82 Å². The highest BCUT2D eigenvalue weighted by molar-refractivity contribution is 5.41. The Morgan fingerprint density at radius 3 is 2.94 bits per heavy atom. The smallest absolute Gasteiger partial charge is 0.222 e. The van der Waals surface area contributed by atoms with Crippen LogP contribution in [0.25, 0.3) is 0 Å². The molecule has 2 atom stereocenters. The Kier molecular flexibility index (Phi) is 3.38. The Balaban J connectivity index is 2.05. The van der Waals surface area contributed by atoms with Gasteiger partial charge in [-0.15, -0.1) is 0 Å². The molecular formula is C12H19FN4O. The minimum atomic E-state index is -0.486. The molecule has 0 aromatic carbocycles. The summed E-state index contributed by atoms with van der Waals surface area (Å²) in [5.74, 6) is -0.257. The van der Waals surface area contributed by atoms with Gasteiger partial charge in [0, 0.05) is 18.1 Å². The van der Waals surface area contributed by atoms with Gasteiger partial charge in [0.15, 0.2) is 11.6 Å². The standard InChI is InChI=1S/C12H19FN4O/c1-4-18-9-5-8(12(9,2)3)16-10-7(13)6-15-11(14)17-10/h6,8-9H,4-5H2,1-3H3,(H3,14,15,16,17). The lowest BCUT2D eigenvalue weighted by Crippen LogP contribution is -2.58. The Hall–Kier alpha value is -1.43. The molecule has 5 nitrogen and oxygen atoms in total. The highest BCUT2D eigenvalue weighted by Crippen LogP contribution is 2.44. The average Bonchev–Trinajstić information content (AvgIpc) is 2.32. The Bertz CT molecular complexity index is 438. The van der Waals surface area contributed by atoms with Crippen molar-refractivity contribution in [2.45, 2.75) is 39.3 Å². The summed E-state index contributed by atoms with van der Waals surface area (Å²) in [4.78, 5) is 7.47. The second-order valence-corrected chi connectivity index (χ2v) is 5.12. The number of rotatable bonds is 4. The summed E-state index contributed by atoms with van der Waals surface area (Å²) in [5, 5.41) is 3.08. The first-order valence-corrected chi connectivity index (χ1v) is 6.11. The maximum Gasteiger partial charge on any atom is 0.222 e. The van der Waals surface area contributed by atoms with E-state index in [0.717, 1.165) is 12.6 Å². The SMILES string of the molecule is CCOC1CC(Nc2nc(N)ncc2F)C1(C)C. The van der Waals surface area contributed by atoms with Crippen molar-refractivity contribution >= 4 is 11.8 Å². The molecule has 0 bridgehead atoms. The van der Waals surface area contributed by atoms with Gasteiger partial charge in [0.1, 0.15) is 0 Å². The third-order valence-corrected chi connectivity index (χ3v) is 3.62. The van der Waals surface area contributed by atoms with Crippen molar-refractivity contribution < 1.29 is 9.13 Å². The number of hydrogen-bond donors (Lipinski definition) is 2. The van der Waals surface area contributed by atoms with Crippen molar-refractivity contribution in [3.05, 3.63) is 12.0 Å². The fourth-order valence-corrected chi connectivity index (χ4v) is 2.26. The highest BCUT2D eigenvalue weighted by Gasteiger charge is 2.49.